The van der Waals surface area contributed by atoms with Crippen LogP contribution in [0.25, 0.3) is 0 Å². The predicted molar refractivity (Wildman–Crippen MR) is 73.7 cm³/mol. The summed E-state index contributed by atoms with van der Waals surface area (Å²) in [6.07, 6.45) is 2.68. The second-order valence-corrected chi connectivity index (χ2v) is 5.09. The van der Waals surface area contributed by atoms with Crippen LogP contribution in [0.15, 0.2) is 11.4 Å². The molecule has 0 aliphatic carbocycles. The van der Waals surface area contributed by atoms with Gasteiger partial charge in [-0.2, -0.15) is 0 Å². The summed E-state index contributed by atoms with van der Waals surface area (Å²) in [6, 6.07) is 1.96. The van der Waals surface area contributed by atoms with Gasteiger partial charge >= 0.3 is 0 Å². The molecule has 1 rings (SSSR count). The largest absolute Gasteiger partial charge is 0.368 e. The van der Waals surface area contributed by atoms with E-state index in [1.807, 2.05) is 18.4 Å². The molecule has 2 N–H and O–H groups in total. The van der Waals surface area contributed by atoms with Crippen molar-refractivity contribution in [3.05, 3.63) is 21.9 Å². The molecule has 18 heavy (non-hydrogen) atoms. The lowest BCUT2D eigenvalue weighted by molar-refractivity contribution is -0.118. The normalized spacial score (nSPS) is 10.3. The maximum absolute atomic E-state index is 12.4. The van der Waals surface area contributed by atoms with Crippen molar-refractivity contribution in [1.29, 1.82) is 0 Å². The Bertz CT molecular complexity index is 415. The van der Waals surface area contributed by atoms with Crippen LogP contribution in [0.3, 0.4) is 0 Å². The van der Waals surface area contributed by atoms with Crippen LogP contribution in [0.2, 0.25) is 0 Å². The van der Waals surface area contributed by atoms with E-state index < -0.39 is 5.91 Å². The van der Waals surface area contributed by atoms with Gasteiger partial charge in [0.15, 0.2) is 0 Å². The first-order chi connectivity index (χ1) is 8.60. The van der Waals surface area contributed by atoms with Crippen molar-refractivity contribution < 1.29 is 9.59 Å². The van der Waals surface area contributed by atoms with Crippen LogP contribution in [-0.2, 0) is 11.2 Å². The summed E-state index contributed by atoms with van der Waals surface area (Å²) in [5.74, 6) is -0.539. The first kappa shape index (κ1) is 14.7. The number of hydrogen-bond acceptors (Lipinski definition) is 3. The fourth-order valence-electron chi connectivity index (χ4n) is 1.73. The van der Waals surface area contributed by atoms with Crippen LogP contribution < -0.4 is 5.73 Å². The molecule has 4 nitrogen and oxygen atoms in total. The van der Waals surface area contributed by atoms with Crippen LogP contribution in [0.4, 0.5) is 0 Å². The first-order valence-corrected chi connectivity index (χ1v) is 7.12. The van der Waals surface area contributed by atoms with Gasteiger partial charge in [-0.25, -0.2) is 0 Å². The van der Waals surface area contributed by atoms with Crippen molar-refractivity contribution in [3.63, 3.8) is 0 Å². The highest BCUT2D eigenvalue weighted by atomic mass is 32.1. The zero-order valence-corrected chi connectivity index (χ0v) is 11.8. The van der Waals surface area contributed by atoms with Crippen LogP contribution in [0.5, 0.6) is 0 Å². The Morgan fingerprint density at radius 3 is 2.67 bits per heavy atom. The summed E-state index contributed by atoms with van der Waals surface area (Å²) in [5.41, 5.74) is 6.24. The number of hydrogen-bond donors (Lipinski definition) is 1. The SMILES string of the molecule is CCCCN(CC(N)=O)C(=O)c1sccc1CC. The number of rotatable bonds is 7. The Morgan fingerprint density at radius 2 is 2.11 bits per heavy atom. The van der Waals surface area contributed by atoms with Crippen LogP contribution >= 0.6 is 11.3 Å². The summed E-state index contributed by atoms with van der Waals surface area (Å²) in [5, 5.41) is 1.91. The molecule has 2 amide bonds. The molecule has 0 saturated heterocycles. The third-order valence-electron chi connectivity index (χ3n) is 2.74. The molecule has 0 fully saturated rings. The van der Waals surface area contributed by atoms with Gasteiger partial charge in [-0.05, 0) is 29.9 Å². The number of nitrogens with zero attached hydrogens (tertiary/aromatic N) is 1. The third-order valence-corrected chi connectivity index (χ3v) is 3.68. The van der Waals surface area contributed by atoms with E-state index in [4.69, 9.17) is 5.73 Å². The summed E-state index contributed by atoms with van der Waals surface area (Å²) in [7, 11) is 0. The second kappa shape index (κ2) is 7.16. The van der Waals surface area contributed by atoms with Crippen molar-refractivity contribution in [2.45, 2.75) is 33.1 Å². The highest BCUT2D eigenvalue weighted by molar-refractivity contribution is 7.12. The highest BCUT2D eigenvalue weighted by Crippen LogP contribution is 2.19. The highest BCUT2D eigenvalue weighted by Gasteiger charge is 2.20. The lowest BCUT2D eigenvalue weighted by Crippen LogP contribution is -2.39. The maximum Gasteiger partial charge on any atom is 0.264 e. The van der Waals surface area contributed by atoms with Gasteiger partial charge in [-0.1, -0.05) is 20.3 Å². The second-order valence-electron chi connectivity index (χ2n) is 4.18. The van der Waals surface area contributed by atoms with Crippen molar-refractivity contribution >= 4 is 23.2 Å². The average molecular weight is 268 g/mol. The molecule has 0 atom stereocenters. The quantitative estimate of drug-likeness (QED) is 0.822. The Hall–Kier alpha value is -1.36. The van der Waals surface area contributed by atoms with E-state index in [-0.39, 0.29) is 12.5 Å². The molecular weight excluding hydrogens is 248 g/mol. The van der Waals surface area contributed by atoms with Crippen molar-refractivity contribution in [3.8, 4) is 0 Å². The zero-order chi connectivity index (χ0) is 13.5. The summed E-state index contributed by atoms with van der Waals surface area (Å²) < 4.78 is 0. The number of primary amides is 1. The van der Waals surface area contributed by atoms with E-state index in [9.17, 15) is 9.59 Å². The predicted octanol–water partition coefficient (Wildman–Crippen LogP) is 2.04. The lowest BCUT2D eigenvalue weighted by Gasteiger charge is -2.20. The smallest absolute Gasteiger partial charge is 0.264 e. The number of nitrogens with two attached hydrogens (primary N) is 1. The van der Waals surface area contributed by atoms with E-state index in [0.29, 0.717) is 6.54 Å². The molecule has 0 saturated carbocycles. The van der Waals surface area contributed by atoms with E-state index >= 15 is 0 Å². The molecule has 0 aromatic carbocycles. The zero-order valence-electron chi connectivity index (χ0n) is 10.9. The summed E-state index contributed by atoms with van der Waals surface area (Å²) in [4.78, 5) is 25.7. The Balaban J connectivity index is 2.83. The minimum atomic E-state index is -0.464. The minimum Gasteiger partial charge on any atom is -0.368 e. The third kappa shape index (κ3) is 3.84. The number of thiophene rings is 1. The van der Waals surface area contributed by atoms with Crippen molar-refractivity contribution in [2.24, 2.45) is 5.73 Å². The molecule has 1 aromatic heterocycles. The molecule has 0 aliphatic rings. The number of carbonyl (C=O) groups excluding carboxylic acids is 2. The fraction of sp³-hybridized carbons (Fsp3) is 0.538. The molecule has 0 bridgehead atoms. The molecule has 0 spiro atoms. The van der Waals surface area contributed by atoms with Gasteiger partial charge in [0.05, 0.1) is 11.4 Å². The monoisotopic (exact) mass is 268 g/mol. The van der Waals surface area contributed by atoms with Crippen LogP contribution in [0.1, 0.15) is 41.9 Å². The van der Waals surface area contributed by atoms with Crippen LogP contribution in [0, 0.1) is 0 Å². The first-order valence-electron chi connectivity index (χ1n) is 6.24. The standard InChI is InChI=1S/C13H20N2O2S/c1-3-5-7-15(9-11(14)16)13(17)12-10(4-2)6-8-18-12/h6,8H,3-5,7,9H2,1-2H3,(H2,14,16). The topological polar surface area (TPSA) is 63.4 Å². The number of carbonyl (C=O) groups is 2. The van der Waals surface area contributed by atoms with Gasteiger partial charge in [-0.3, -0.25) is 9.59 Å². The summed E-state index contributed by atoms with van der Waals surface area (Å²) in [6.45, 7) is 4.65. The van der Waals surface area contributed by atoms with E-state index in [2.05, 4.69) is 6.92 Å². The van der Waals surface area contributed by atoms with E-state index in [1.165, 1.54) is 11.3 Å². The molecule has 0 aliphatic heterocycles. The van der Waals surface area contributed by atoms with Gasteiger partial charge in [0.25, 0.3) is 5.91 Å². The number of unbranched alkanes of at least 4 members (excludes halogenated alkanes) is 1. The fourth-order valence-corrected chi connectivity index (χ4v) is 2.70. The maximum atomic E-state index is 12.4. The Kier molecular flexibility index (Phi) is 5.85. The Morgan fingerprint density at radius 1 is 1.39 bits per heavy atom. The molecule has 5 heteroatoms. The van der Waals surface area contributed by atoms with Gasteiger partial charge in [-0.15, -0.1) is 11.3 Å². The average Bonchev–Trinajstić information content (AvgIpc) is 2.81. The molecule has 1 aromatic rings. The lowest BCUT2D eigenvalue weighted by atomic mass is 10.2. The van der Waals surface area contributed by atoms with Crippen molar-refractivity contribution in [2.75, 3.05) is 13.1 Å². The molecule has 100 valence electrons. The number of amides is 2. The molecular formula is C13H20N2O2S. The number of aryl methyl sites for hydroxylation is 1. The summed E-state index contributed by atoms with van der Waals surface area (Å²) >= 11 is 1.43. The molecule has 0 unspecified atom stereocenters. The van der Waals surface area contributed by atoms with Crippen molar-refractivity contribution in [1.82, 2.24) is 4.90 Å². The minimum absolute atomic E-state index is 0.000111. The van der Waals surface area contributed by atoms with Gasteiger partial charge < -0.3 is 10.6 Å². The van der Waals surface area contributed by atoms with Gasteiger partial charge in [0, 0.05) is 6.54 Å². The molecule has 1 heterocycles. The van der Waals surface area contributed by atoms with E-state index in [0.717, 1.165) is 29.7 Å². The van der Waals surface area contributed by atoms with Gasteiger partial charge in [0.2, 0.25) is 5.91 Å². The van der Waals surface area contributed by atoms with E-state index in [1.54, 1.807) is 4.90 Å². The Labute approximate surface area is 112 Å². The van der Waals surface area contributed by atoms with Gasteiger partial charge in [0.1, 0.15) is 0 Å². The molecule has 0 radical (unpaired) electrons. The van der Waals surface area contributed by atoms with Crippen LogP contribution in [-0.4, -0.2) is 29.8 Å².